The molecule has 0 radical (unpaired) electrons. The lowest BCUT2D eigenvalue weighted by Gasteiger charge is -2.10. The number of hydrogen-bond donors (Lipinski definition) is 2. The molecule has 3 aromatic rings. The minimum absolute atomic E-state index is 0.160. The first-order valence-corrected chi connectivity index (χ1v) is 11.0. The van der Waals surface area contributed by atoms with E-state index in [1.807, 2.05) is 30.6 Å². The van der Waals surface area contributed by atoms with Crippen LogP contribution in [0, 0.1) is 0 Å². The van der Waals surface area contributed by atoms with Gasteiger partial charge in [-0.05, 0) is 44.2 Å². The molecule has 0 spiro atoms. The van der Waals surface area contributed by atoms with Gasteiger partial charge in [0.25, 0.3) is 0 Å². The minimum Gasteiger partial charge on any atom is -0.393 e. The summed E-state index contributed by atoms with van der Waals surface area (Å²) in [4.78, 5) is 13.9. The fourth-order valence-corrected chi connectivity index (χ4v) is 4.09. The maximum absolute atomic E-state index is 10.2. The van der Waals surface area contributed by atoms with E-state index in [2.05, 4.69) is 26.0 Å². The molecule has 1 aliphatic rings. The number of fused-ring (bicyclic) bond motifs is 1. The second-order valence-corrected chi connectivity index (χ2v) is 8.01. The molecule has 2 bridgehead atoms. The van der Waals surface area contributed by atoms with Crippen LogP contribution in [-0.2, 0) is 6.54 Å². The number of anilines is 1. The molecular formula is C23H31N5O. The molecule has 0 aromatic carbocycles. The molecule has 6 nitrogen and oxygen atoms in total. The van der Waals surface area contributed by atoms with Gasteiger partial charge in [-0.3, -0.25) is 4.98 Å². The Balaban J connectivity index is 1.61. The molecule has 29 heavy (non-hydrogen) atoms. The van der Waals surface area contributed by atoms with E-state index < -0.39 is 0 Å². The van der Waals surface area contributed by atoms with E-state index in [-0.39, 0.29) is 6.10 Å². The molecule has 0 amide bonds. The van der Waals surface area contributed by atoms with Crippen molar-refractivity contribution in [2.75, 3.05) is 11.9 Å². The van der Waals surface area contributed by atoms with Gasteiger partial charge in [-0.15, -0.1) is 0 Å². The van der Waals surface area contributed by atoms with E-state index in [9.17, 15) is 5.11 Å². The Kier molecular flexibility index (Phi) is 6.72. The van der Waals surface area contributed by atoms with E-state index in [1.54, 1.807) is 0 Å². The summed E-state index contributed by atoms with van der Waals surface area (Å²) in [5, 5.41) is 14.7. The van der Waals surface area contributed by atoms with Gasteiger partial charge in [-0.2, -0.15) is 4.98 Å². The zero-order chi connectivity index (χ0) is 19.9. The van der Waals surface area contributed by atoms with Crippen LogP contribution in [0.4, 0.5) is 5.95 Å². The topological polar surface area (TPSA) is 75.9 Å². The molecule has 0 saturated heterocycles. The Labute approximate surface area is 172 Å². The third kappa shape index (κ3) is 5.12. The first kappa shape index (κ1) is 19.8. The van der Waals surface area contributed by atoms with Crippen molar-refractivity contribution in [1.82, 2.24) is 19.5 Å². The van der Waals surface area contributed by atoms with Gasteiger partial charge in [0.05, 0.1) is 11.8 Å². The summed E-state index contributed by atoms with van der Waals surface area (Å²) in [5.41, 5.74) is 2.97. The quantitative estimate of drug-likeness (QED) is 0.622. The van der Waals surface area contributed by atoms with Crippen molar-refractivity contribution in [3.63, 3.8) is 0 Å². The molecular weight excluding hydrogens is 362 g/mol. The van der Waals surface area contributed by atoms with Gasteiger partial charge in [-0.1, -0.05) is 31.7 Å². The highest BCUT2D eigenvalue weighted by Gasteiger charge is 2.14. The average Bonchev–Trinajstić information content (AvgIpc) is 3.11. The fraction of sp³-hybridized carbons (Fsp3) is 0.522. The summed E-state index contributed by atoms with van der Waals surface area (Å²) in [6, 6.07) is 5.97. The predicted molar refractivity (Wildman–Crippen MR) is 117 cm³/mol. The number of hydrogen-bond acceptors (Lipinski definition) is 5. The smallest absolute Gasteiger partial charge is 0.224 e. The Morgan fingerprint density at radius 1 is 0.966 bits per heavy atom. The molecule has 3 aromatic heterocycles. The van der Waals surface area contributed by atoms with Crippen LogP contribution in [0.5, 0.6) is 0 Å². The molecule has 1 aliphatic heterocycles. The largest absolute Gasteiger partial charge is 0.393 e. The van der Waals surface area contributed by atoms with Crippen molar-refractivity contribution >= 4 is 17.0 Å². The molecule has 154 valence electrons. The van der Waals surface area contributed by atoms with E-state index in [4.69, 9.17) is 4.98 Å². The Morgan fingerprint density at radius 3 is 2.66 bits per heavy atom. The molecule has 0 aliphatic carbocycles. The lowest BCUT2D eigenvalue weighted by molar-refractivity contribution is 0.147. The zero-order valence-electron chi connectivity index (χ0n) is 17.1. The molecule has 4 heterocycles. The summed E-state index contributed by atoms with van der Waals surface area (Å²) < 4.78 is 2.22. The van der Waals surface area contributed by atoms with Crippen LogP contribution in [0.15, 0.2) is 36.8 Å². The van der Waals surface area contributed by atoms with Gasteiger partial charge in [0.1, 0.15) is 5.65 Å². The monoisotopic (exact) mass is 393 g/mol. The standard InChI is InChI=1S/C23H31N5O/c29-18-10-4-2-1-3-7-14-25-23-26-16-19-20(21-12-5-8-13-24-21)17-28(22(19)27-23)15-9-6-11-18/h5,8,12-13,16-18,29H,1-4,6-7,9-11,14-15H2,(H,25,26,27). The van der Waals surface area contributed by atoms with Crippen LogP contribution in [0.25, 0.3) is 22.3 Å². The number of aryl methyl sites for hydroxylation is 1. The number of aliphatic hydroxyl groups excluding tert-OH is 1. The van der Waals surface area contributed by atoms with E-state index >= 15 is 0 Å². The highest BCUT2D eigenvalue weighted by atomic mass is 16.3. The molecule has 0 saturated carbocycles. The summed E-state index contributed by atoms with van der Waals surface area (Å²) >= 11 is 0. The fourth-order valence-electron chi connectivity index (χ4n) is 4.09. The SMILES string of the molecule is OC1CCCCCCCNc2ncc3c(-c4ccccn4)cn(c3n2)CCCC1. The molecule has 0 fully saturated rings. The average molecular weight is 394 g/mol. The normalized spacial score (nSPS) is 19.7. The third-order valence-corrected chi connectivity index (χ3v) is 5.74. The summed E-state index contributed by atoms with van der Waals surface area (Å²) in [7, 11) is 0. The Bertz CT molecular complexity index is 908. The van der Waals surface area contributed by atoms with Gasteiger partial charge in [-0.25, -0.2) is 4.98 Å². The predicted octanol–water partition coefficient (Wildman–Crippen LogP) is 4.79. The minimum atomic E-state index is -0.160. The lowest BCUT2D eigenvalue weighted by atomic mass is 10.0. The molecule has 1 unspecified atom stereocenters. The molecule has 4 rings (SSSR count). The van der Waals surface area contributed by atoms with Crippen LogP contribution in [0.1, 0.15) is 57.8 Å². The number of aromatic nitrogens is 4. The number of rotatable bonds is 1. The number of nitrogens with one attached hydrogen (secondary N) is 1. The molecule has 1 atom stereocenters. The van der Waals surface area contributed by atoms with Crippen molar-refractivity contribution in [1.29, 1.82) is 0 Å². The summed E-state index contributed by atoms with van der Waals surface area (Å²) in [6.45, 7) is 1.77. The number of pyridine rings is 1. The second kappa shape index (κ2) is 9.83. The highest BCUT2D eigenvalue weighted by Crippen LogP contribution is 2.29. The Morgan fingerprint density at radius 2 is 1.79 bits per heavy atom. The number of nitrogens with zero attached hydrogens (tertiary/aromatic N) is 4. The van der Waals surface area contributed by atoms with E-state index in [0.717, 1.165) is 73.9 Å². The van der Waals surface area contributed by atoms with Gasteiger partial charge in [0.15, 0.2) is 0 Å². The maximum atomic E-state index is 10.2. The third-order valence-electron chi connectivity index (χ3n) is 5.74. The van der Waals surface area contributed by atoms with Crippen molar-refractivity contribution < 1.29 is 5.11 Å². The van der Waals surface area contributed by atoms with Gasteiger partial charge in [0, 0.05) is 42.6 Å². The highest BCUT2D eigenvalue weighted by molar-refractivity contribution is 5.93. The van der Waals surface area contributed by atoms with Crippen molar-refractivity contribution in [3.05, 3.63) is 36.8 Å². The van der Waals surface area contributed by atoms with Crippen LogP contribution >= 0.6 is 0 Å². The zero-order valence-corrected chi connectivity index (χ0v) is 17.1. The first-order chi connectivity index (χ1) is 14.3. The maximum Gasteiger partial charge on any atom is 0.224 e. The van der Waals surface area contributed by atoms with E-state index in [1.165, 1.54) is 19.3 Å². The van der Waals surface area contributed by atoms with Crippen LogP contribution in [0.2, 0.25) is 0 Å². The lowest BCUT2D eigenvalue weighted by Crippen LogP contribution is -2.07. The van der Waals surface area contributed by atoms with Gasteiger partial charge < -0.3 is 15.0 Å². The van der Waals surface area contributed by atoms with Crippen molar-refractivity contribution in [3.8, 4) is 11.3 Å². The summed E-state index contributed by atoms with van der Waals surface area (Å²) in [5.74, 6) is 0.698. The van der Waals surface area contributed by atoms with Crippen molar-refractivity contribution in [2.24, 2.45) is 0 Å². The second-order valence-electron chi connectivity index (χ2n) is 8.01. The molecule has 2 N–H and O–H groups in total. The Hall–Kier alpha value is -2.47. The van der Waals surface area contributed by atoms with Gasteiger partial charge >= 0.3 is 0 Å². The summed E-state index contributed by atoms with van der Waals surface area (Å²) in [6.07, 6.45) is 15.5. The van der Waals surface area contributed by atoms with Gasteiger partial charge in [0.2, 0.25) is 5.95 Å². The van der Waals surface area contributed by atoms with Crippen LogP contribution < -0.4 is 5.32 Å². The van der Waals surface area contributed by atoms with Crippen molar-refractivity contribution in [2.45, 2.75) is 70.4 Å². The van der Waals surface area contributed by atoms with Crippen LogP contribution in [0.3, 0.4) is 0 Å². The number of aliphatic hydroxyl groups is 1. The van der Waals surface area contributed by atoms with E-state index in [0.29, 0.717) is 5.95 Å². The molecule has 6 heteroatoms. The van der Waals surface area contributed by atoms with Crippen LogP contribution in [-0.4, -0.2) is 37.3 Å². The first-order valence-electron chi connectivity index (χ1n) is 11.0.